The minimum atomic E-state index is -0.519. The van der Waals surface area contributed by atoms with Gasteiger partial charge in [-0.3, -0.25) is 0 Å². The molecule has 0 atom stereocenters. The number of hydrogen-bond donors (Lipinski definition) is 1. The van der Waals surface area contributed by atoms with Gasteiger partial charge in [0.2, 0.25) is 0 Å². The first-order valence-electron chi connectivity index (χ1n) is 4.34. The maximum absolute atomic E-state index is 13.2. The van der Waals surface area contributed by atoms with Crippen molar-refractivity contribution in [1.82, 2.24) is 0 Å². The summed E-state index contributed by atoms with van der Waals surface area (Å²) in [5, 5.41) is 0. The molecule has 4 heteroatoms. The van der Waals surface area contributed by atoms with Crippen LogP contribution in [0.1, 0.15) is 22.8 Å². The molecule has 0 bridgehead atoms. The second-order valence-corrected chi connectivity index (χ2v) is 2.73. The largest absolute Gasteiger partial charge is 0.462 e. The molecule has 0 radical (unpaired) electrons. The van der Waals surface area contributed by atoms with Crippen molar-refractivity contribution in [2.45, 2.75) is 13.5 Å². The van der Waals surface area contributed by atoms with Crippen LogP contribution in [0.2, 0.25) is 0 Å². The first kappa shape index (κ1) is 10.7. The molecule has 0 aliphatic heterocycles. The van der Waals surface area contributed by atoms with E-state index < -0.39 is 11.8 Å². The van der Waals surface area contributed by atoms with Crippen LogP contribution in [-0.2, 0) is 11.3 Å². The molecule has 1 rings (SSSR count). The van der Waals surface area contributed by atoms with E-state index >= 15 is 0 Å². The Bertz CT molecular complexity index is 339. The smallest absolute Gasteiger partial charge is 0.338 e. The van der Waals surface area contributed by atoms with Gasteiger partial charge in [0.1, 0.15) is 5.82 Å². The summed E-state index contributed by atoms with van der Waals surface area (Å²) in [6.07, 6.45) is 0. The second-order valence-electron chi connectivity index (χ2n) is 2.73. The third-order valence-electron chi connectivity index (χ3n) is 1.78. The Kier molecular flexibility index (Phi) is 3.59. The van der Waals surface area contributed by atoms with Crippen LogP contribution in [0.15, 0.2) is 18.2 Å². The minimum absolute atomic E-state index is 0.120. The van der Waals surface area contributed by atoms with Crippen LogP contribution in [0.4, 0.5) is 4.39 Å². The lowest BCUT2D eigenvalue weighted by molar-refractivity contribution is 0.0526. The van der Waals surface area contributed by atoms with E-state index in [9.17, 15) is 9.18 Å². The Morgan fingerprint density at radius 2 is 2.29 bits per heavy atom. The van der Waals surface area contributed by atoms with E-state index in [2.05, 4.69) is 0 Å². The molecule has 0 saturated heterocycles. The van der Waals surface area contributed by atoms with E-state index in [0.29, 0.717) is 5.56 Å². The van der Waals surface area contributed by atoms with Crippen molar-refractivity contribution >= 4 is 5.97 Å². The normalized spacial score (nSPS) is 9.93. The number of halogens is 1. The van der Waals surface area contributed by atoms with E-state index in [4.69, 9.17) is 10.5 Å². The Morgan fingerprint density at radius 1 is 1.57 bits per heavy atom. The number of rotatable bonds is 3. The predicted octanol–water partition coefficient (Wildman–Crippen LogP) is 1.46. The van der Waals surface area contributed by atoms with Crippen LogP contribution in [0.3, 0.4) is 0 Å². The van der Waals surface area contributed by atoms with Gasteiger partial charge >= 0.3 is 5.97 Å². The highest BCUT2D eigenvalue weighted by molar-refractivity contribution is 5.89. The molecular formula is C10H12FNO2. The summed E-state index contributed by atoms with van der Waals surface area (Å²) in [6, 6.07) is 4.13. The van der Waals surface area contributed by atoms with Crippen LogP contribution in [-0.4, -0.2) is 12.6 Å². The molecule has 2 N–H and O–H groups in total. The molecule has 0 aromatic heterocycles. The summed E-state index contributed by atoms with van der Waals surface area (Å²) in [6.45, 7) is 2.09. The molecule has 0 aliphatic rings. The fourth-order valence-electron chi connectivity index (χ4n) is 1.05. The maximum Gasteiger partial charge on any atom is 0.338 e. The van der Waals surface area contributed by atoms with Gasteiger partial charge in [0.15, 0.2) is 0 Å². The molecule has 1 aromatic rings. The third-order valence-corrected chi connectivity index (χ3v) is 1.78. The fourth-order valence-corrected chi connectivity index (χ4v) is 1.05. The van der Waals surface area contributed by atoms with Crippen molar-refractivity contribution in [3.8, 4) is 0 Å². The SMILES string of the molecule is CCOC(=O)c1ccc(CN)c(F)c1. The van der Waals surface area contributed by atoms with Crippen molar-refractivity contribution in [3.63, 3.8) is 0 Å². The van der Waals surface area contributed by atoms with Crippen LogP contribution >= 0.6 is 0 Å². The third kappa shape index (κ3) is 2.29. The summed E-state index contributed by atoms with van der Waals surface area (Å²) in [5.41, 5.74) is 5.88. The number of carbonyl (C=O) groups is 1. The Hall–Kier alpha value is -1.42. The first-order valence-corrected chi connectivity index (χ1v) is 4.34. The molecule has 0 aliphatic carbocycles. The van der Waals surface area contributed by atoms with E-state index in [0.717, 1.165) is 6.07 Å². The molecule has 0 heterocycles. The molecule has 76 valence electrons. The number of hydrogen-bond acceptors (Lipinski definition) is 3. The minimum Gasteiger partial charge on any atom is -0.462 e. The average Bonchev–Trinajstić information content (AvgIpc) is 2.18. The lowest BCUT2D eigenvalue weighted by Crippen LogP contribution is -2.07. The first-order chi connectivity index (χ1) is 6.69. The van der Waals surface area contributed by atoms with Crippen LogP contribution in [0.25, 0.3) is 0 Å². The highest BCUT2D eigenvalue weighted by atomic mass is 19.1. The monoisotopic (exact) mass is 197 g/mol. The van der Waals surface area contributed by atoms with E-state index in [1.54, 1.807) is 6.92 Å². The number of benzene rings is 1. The highest BCUT2D eigenvalue weighted by Gasteiger charge is 2.09. The van der Waals surface area contributed by atoms with Crippen molar-refractivity contribution in [3.05, 3.63) is 35.1 Å². The molecule has 0 saturated carbocycles. The quantitative estimate of drug-likeness (QED) is 0.746. The van der Waals surface area contributed by atoms with Gasteiger partial charge in [0, 0.05) is 12.1 Å². The molecular weight excluding hydrogens is 185 g/mol. The number of esters is 1. The van der Waals surface area contributed by atoms with E-state index in [1.165, 1.54) is 12.1 Å². The zero-order valence-electron chi connectivity index (χ0n) is 7.92. The molecule has 0 amide bonds. The average molecular weight is 197 g/mol. The van der Waals surface area contributed by atoms with Gasteiger partial charge in [0.05, 0.1) is 12.2 Å². The number of ether oxygens (including phenoxy) is 1. The fraction of sp³-hybridized carbons (Fsp3) is 0.300. The van der Waals surface area contributed by atoms with Gasteiger partial charge in [-0.1, -0.05) is 6.07 Å². The lowest BCUT2D eigenvalue weighted by Gasteiger charge is -2.03. The van der Waals surface area contributed by atoms with Crippen molar-refractivity contribution < 1.29 is 13.9 Å². The highest BCUT2D eigenvalue weighted by Crippen LogP contribution is 2.10. The number of nitrogens with two attached hydrogens (primary N) is 1. The summed E-state index contributed by atoms with van der Waals surface area (Å²) < 4.78 is 17.9. The van der Waals surface area contributed by atoms with Gasteiger partial charge in [-0.05, 0) is 19.1 Å². The summed E-state index contributed by atoms with van der Waals surface area (Å²) >= 11 is 0. The van der Waals surface area contributed by atoms with Crippen molar-refractivity contribution in [2.75, 3.05) is 6.61 Å². The van der Waals surface area contributed by atoms with Gasteiger partial charge in [-0.15, -0.1) is 0 Å². The van der Waals surface area contributed by atoms with E-state index in [-0.39, 0.29) is 18.7 Å². The summed E-state index contributed by atoms with van der Waals surface area (Å²) in [5.74, 6) is -0.993. The van der Waals surface area contributed by atoms with Crippen molar-refractivity contribution in [1.29, 1.82) is 0 Å². The Morgan fingerprint density at radius 3 is 2.79 bits per heavy atom. The Labute approximate surface area is 81.7 Å². The zero-order valence-corrected chi connectivity index (χ0v) is 7.92. The van der Waals surface area contributed by atoms with Gasteiger partial charge in [-0.25, -0.2) is 9.18 Å². The van der Waals surface area contributed by atoms with E-state index in [1.807, 2.05) is 0 Å². The Balaban J connectivity index is 2.91. The molecule has 1 aromatic carbocycles. The molecule has 0 unspecified atom stereocenters. The maximum atomic E-state index is 13.2. The molecule has 3 nitrogen and oxygen atoms in total. The lowest BCUT2D eigenvalue weighted by atomic mass is 10.1. The zero-order chi connectivity index (χ0) is 10.6. The molecule has 0 fully saturated rings. The topological polar surface area (TPSA) is 52.3 Å². The van der Waals surface area contributed by atoms with Gasteiger partial charge in [-0.2, -0.15) is 0 Å². The number of carbonyl (C=O) groups excluding carboxylic acids is 1. The summed E-state index contributed by atoms with van der Waals surface area (Å²) in [4.78, 5) is 11.2. The van der Waals surface area contributed by atoms with Gasteiger partial charge < -0.3 is 10.5 Å². The standard InChI is InChI=1S/C10H12FNO2/c1-2-14-10(13)7-3-4-8(6-12)9(11)5-7/h3-5H,2,6,12H2,1H3. The van der Waals surface area contributed by atoms with Crippen LogP contribution in [0.5, 0.6) is 0 Å². The van der Waals surface area contributed by atoms with Gasteiger partial charge in [0.25, 0.3) is 0 Å². The molecule has 0 spiro atoms. The molecule has 14 heavy (non-hydrogen) atoms. The van der Waals surface area contributed by atoms with Crippen molar-refractivity contribution in [2.24, 2.45) is 5.73 Å². The van der Waals surface area contributed by atoms with Crippen LogP contribution < -0.4 is 5.73 Å². The van der Waals surface area contributed by atoms with Crippen LogP contribution in [0, 0.1) is 5.82 Å². The predicted molar refractivity (Wildman–Crippen MR) is 50.2 cm³/mol. The summed E-state index contributed by atoms with van der Waals surface area (Å²) in [7, 11) is 0. The second kappa shape index (κ2) is 4.72.